The van der Waals surface area contributed by atoms with E-state index in [2.05, 4.69) is 16.4 Å². The molecule has 68 valence electrons. The molecule has 1 heterocycles. The Balaban J connectivity index is 2.32. The molecule has 3 heteroatoms. The Morgan fingerprint density at radius 2 is 1.92 bits per heavy atom. The average molecular weight is 175 g/mol. The highest BCUT2D eigenvalue weighted by atomic mass is 15.4. The summed E-state index contributed by atoms with van der Waals surface area (Å²) >= 11 is 0. The van der Waals surface area contributed by atoms with Gasteiger partial charge in [0, 0.05) is 6.04 Å². The summed E-state index contributed by atoms with van der Waals surface area (Å²) in [7, 11) is 0. The molecule has 0 aromatic carbocycles. The molecule has 0 radical (unpaired) electrons. The molecule has 0 bridgehead atoms. The van der Waals surface area contributed by atoms with Crippen LogP contribution in [0.25, 0.3) is 0 Å². The second kappa shape index (κ2) is 3.61. The van der Waals surface area contributed by atoms with Crippen LogP contribution in [0.3, 0.4) is 0 Å². The van der Waals surface area contributed by atoms with Crippen LogP contribution < -0.4 is 0 Å². The average Bonchev–Trinajstić information content (AvgIpc) is 2.46. The van der Waals surface area contributed by atoms with Crippen LogP contribution in [0.15, 0.2) is 0 Å². The van der Waals surface area contributed by atoms with Crippen LogP contribution >= 0.6 is 0 Å². The number of terminal acetylenes is 1. The first-order chi connectivity index (χ1) is 6.42. The van der Waals surface area contributed by atoms with Crippen molar-refractivity contribution in [3.05, 3.63) is 11.4 Å². The van der Waals surface area contributed by atoms with E-state index in [1.54, 1.807) is 4.68 Å². The van der Waals surface area contributed by atoms with Gasteiger partial charge in [-0.1, -0.05) is 24.5 Å². The van der Waals surface area contributed by atoms with Gasteiger partial charge in [-0.15, -0.1) is 5.10 Å². The summed E-state index contributed by atoms with van der Waals surface area (Å²) < 4.78 is 1.58. The number of aromatic nitrogens is 3. The molecule has 0 saturated heterocycles. The Morgan fingerprint density at radius 1 is 1.15 bits per heavy atom. The maximum atomic E-state index is 5.32. The number of aryl methyl sites for hydroxylation is 1. The normalized spacial score (nSPS) is 16.8. The number of fused-ring (bicyclic) bond motifs is 1. The zero-order chi connectivity index (χ0) is 9.10. The fourth-order valence-corrected chi connectivity index (χ4v) is 1.82. The van der Waals surface area contributed by atoms with Gasteiger partial charge < -0.3 is 0 Å². The minimum atomic E-state index is 1.03. The monoisotopic (exact) mass is 175 g/mol. The van der Waals surface area contributed by atoms with Crippen LogP contribution in [-0.2, 0) is 12.8 Å². The topological polar surface area (TPSA) is 30.7 Å². The molecule has 3 nitrogen and oxygen atoms in total. The summed E-state index contributed by atoms with van der Waals surface area (Å²) in [5.74, 6) is 0. The molecule has 1 aromatic heterocycles. The van der Waals surface area contributed by atoms with Gasteiger partial charge in [-0.2, -0.15) is 4.68 Å². The molecule has 1 aromatic rings. The molecule has 0 fully saturated rings. The van der Waals surface area contributed by atoms with E-state index in [0.717, 1.165) is 24.2 Å². The number of rotatable bonds is 0. The molecule has 1 aliphatic carbocycles. The van der Waals surface area contributed by atoms with Crippen molar-refractivity contribution in [1.29, 1.82) is 0 Å². The van der Waals surface area contributed by atoms with Crippen molar-refractivity contribution >= 4 is 0 Å². The van der Waals surface area contributed by atoms with Crippen LogP contribution in [0, 0.1) is 12.5 Å². The molecule has 0 spiro atoms. The van der Waals surface area contributed by atoms with Crippen molar-refractivity contribution in [2.75, 3.05) is 0 Å². The van der Waals surface area contributed by atoms with Crippen LogP contribution in [0.4, 0.5) is 0 Å². The fraction of sp³-hybridized carbons (Fsp3) is 0.600. The van der Waals surface area contributed by atoms with E-state index in [4.69, 9.17) is 6.42 Å². The van der Waals surface area contributed by atoms with Gasteiger partial charge in [-0.25, -0.2) is 0 Å². The molecular formula is C10H13N3. The van der Waals surface area contributed by atoms with Crippen molar-refractivity contribution in [3.8, 4) is 12.5 Å². The Hall–Kier alpha value is -1.30. The van der Waals surface area contributed by atoms with Gasteiger partial charge in [-0.05, 0) is 25.7 Å². The summed E-state index contributed by atoms with van der Waals surface area (Å²) in [5, 5.41) is 8.03. The summed E-state index contributed by atoms with van der Waals surface area (Å²) in [6, 6.07) is 2.53. The fourth-order valence-electron chi connectivity index (χ4n) is 1.82. The smallest absolute Gasteiger partial charge is 0.0871 e. The highest BCUT2D eigenvalue weighted by molar-refractivity contribution is 5.15. The van der Waals surface area contributed by atoms with Gasteiger partial charge in [0.2, 0.25) is 0 Å². The third-order valence-electron chi connectivity index (χ3n) is 2.54. The van der Waals surface area contributed by atoms with E-state index in [0.29, 0.717) is 0 Å². The van der Waals surface area contributed by atoms with Crippen LogP contribution in [0.5, 0.6) is 0 Å². The third kappa shape index (κ3) is 1.57. The number of nitrogens with zero attached hydrogens (tertiary/aromatic N) is 3. The Morgan fingerprint density at radius 3 is 2.69 bits per heavy atom. The number of hydrogen-bond donors (Lipinski definition) is 0. The lowest BCUT2D eigenvalue weighted by Gasteiger charge is -2.07. The minimum absolute atomic E-state index is 1.03. The van der Waals surface area contributed by atoms with E-state index in [-0.39, 0.29) is 0 Å². The van der Waals surface area contributed by atoms with Gasteiger partial charge in [0.1, 0.15) is 0 Å². The maximum absolute atomic E-state index is 5.32. The van der Waals surface area contributed by atoms with E-state index in [1.807, 2.05) is 0 Å². The van der Waals surface area contributed by atoms with Crippen LogP contribution in [-0.4, -0.2) is 15.0 Å². The highest BCUT2D eigenvalue weighted by Gasteiger charge is 2.13. The molecule has 0 saturated carbocycles. The molecule has 1 aliphatic rings. The largest absolute Gasteiger partial charge is 0.174 e. The molecule has 0 N–H and O–H groups in total. The first kappa shape index (κ1) is 8.31. The molecule has 0 atom stereocenters. The summed E-state index contributed by atoms with van der Waals surface area (Å²) in [4.78, 5) is 0. The predicted molar refractivity (Wildman–Crippen MR) is 50.1 cm³/mol. The van der Waals surface area contributed by atoms with Crippen molar-refractivity contribution in [3.63, 3.8) is 0 Å². The molecular weight excluding hydrogens is 162 g/mol. The third-order valence-corrected chi connectivity index (χ3v) is 2.54. The van der Waals surface area contributed by atoms with Gasteiger partial charge in [-0.3, -0.25) is 0 Å². The standard InChI is InChI=1S/C10H13N3/c1-2-13-10-8-6-4-3-5-7-9(10)11-12-13/h1H,3-8H2. The lowest BCUT2D eigenvalue weighted by molar-refractivity contribution is 0.603. The Bertz CT molecular complexity index is 332. The SMILES string of the molecule is C#Cn1nnc2c1CCCCCC2. The van der Waals surface area contributed by atoms with E-state index in [9.17, 15) is 0 Å². The molecule has 0 aliphatic heterocycles. The molecule has 2 rings (SSSR count). The highest BCUT2D eigenvalue weighted by Crippen LogP contribution is 2.17. The molecule has 0 amide bonds. The van der Waals surface area contributed by atoms with Crippen molar-refractivity contribution in [2.24, 2.45) is 0 Å². The first-order valence-corrected chi connectivity index (χ1v) is 4.82. The minimum Gasteiger partial charge on any atom is -0.174 e. The first-order valence-electron chi connectivity index (χ1n) is 4.82. The van der Waals surface area contributed by atoms with Crippen molar-refractivity contribution < 1.29 is 0 Å². The second-order valence-corrected chi connectivity index (χ2v) is 3.44. The van der Waals surface area contributed by atoms with Crippen molar-refractivity contribution in [1.82, 2.24) is 15.0 Å². The van der Waals surface area contributed by atoms with Gasteiger partial charge in [0.05, 0.1) is 11.4 Å². The van der Waals surface area contributed by atoms with Crippen molar-refractivity contribution in [2.45, 2.75) is 38.5 Å². The van der Waals surface area contributed by atoms with Gasteiger partial charge >= 0.3 is 0 Å². The quantitative estimate of drug-likeness (QED) is 0.558. The summed E-state index contributed by atoms with van der Waals surface area (Å²) in [6.07, 6.45) is 12.4. The van der Waals surface area contributed by atoms with E-state index in [1.165, 1.54) is 25.7 Å². The Labute approximate surface area is 78.1 Å². The summed E-state index contributed by atoms with van der Waals surface area (Å²) in [5.41, 5.74) is 2.26. The lowest BCUT2D eigenvalue weighted by Crippen LogP contribution is -2.03. The molecule has 0 unspecified atom stereocenters. The lowest BCUT2D eigenvalue weighted by atomic mass is 10.0. The van der Waals surface area contributed by atoms with Gasteiger partial charge in [0.25, 0.3) is 0 Å². The van der Waals surface area contributed by atoms with E-state index < -0.39 is 0 Å². The molecule has 13 heavy (non-hydrogen) atoms. The number of hydrogen-bond acceptors (Lipinski definition) is 2. The predicted octanol–water partition coefficient (Wildman–Crippen LogP) is 1.38. The van der Waals surface area contributed by atoms with Crippen LogP contribution in [0.2, 0.25) is 0 Å². The summed E-state index contributed by atoms with van der Waals surface area (Å²) in [6.45, 7) is 0. The zero-order valence-electron chi connectivity index (χ0n) is 7.66. The van der Waals surface area contributed by atoms with Gasteiger partial charge in [0.15, 0.2) is 0 Å². The van der Waals surface area contributed by atoms with Crippen LogP contribution in [0.1, 0.15) is 37.1 Å². The van der Waals surface area contributed by atoms with E-state index >= 15 is 0 Å². The maximum Gasteiger partial charge on any atom is 0.0871 e. The Kier molecular flexibility index (Phi) is 2.31. The zero-order valence-corrected chi connectivity index (χ0v) is 7.66. The second-order valence-electron chi connectivity index (χ2n) is 3.44.